The van der Waals surface area contributed by atoms with E-state index < -0.39 is 6.29 Å². The van der Waals surface area contributed by atoms with Crippen molar-refractivity contribution in [1.82, 2.24) is 0 Å². The molecule has 1 rings (SSSR count). The number of rotatable bonds is 4. The Morgan fingerprint density at radius 2 is 1.67 bits per heavy atom. The van der Waals surface area contributed by atoms with E-state index in [9.17, 15) is 0 Å². The van der Waals surface area contributed by atoms with Gasteiger partial charge in [0, 0.05) is 0 Å². The molecule has 3 heteroatoms. The van der Waals surface area contributed by atoms with Crippen molar-refractivity contribution in [3.63, 3.8) is 0 Å². The van der Waals surface area contributed by atoms with Crippen molar-refractivity contribution in [3.8, 4) is 5.75 Å². The Hall–Kier alpha value is -1.06. The first-order valence-corrected chi connectivity index (χ1v) is 5.27. The average Bonchev–Trinajstić information content (AvgIpc) is 2.20. The fraction of sp³-hybridized carbons (Fsp3) is 0.500. The molecule has 0 atom stereocenters. The van der Waals surface area contributed by atoms with E-state index in [1.165, 1.54) is 0 Å². The fourth-order valence-electron chi connectivity index (χ4n) is 1.00. The van der Waals surface area contributed by atoms with Gasteiger partial charge in [-0.05, 0) is 25.0 Å². The topological polar surface area (TPSA) is 60.7 Å². The largest absolute Gasteiger partial charge is 0.508 e. The molecule has 1 aromatic carbocycles. The van der Waals surface area contributed by atoms with Crippen LogP contribution < -0.4 is 0 Å². The van der Waals surface area contributed by atoms with Crippen molar-refractivity contribution in [1.29, 1.82) is 0 Å². The molecule has 0 radical (unpaired) electrons. The van der Waals surface area contributed by atoms with Crippen molar-refractivity contribution in [3.05, 3.63) is 30.3 Å². The molecule has 0 fully saturated rings. The van der Waals surface area contributed by atoms with Crippen molar-refractivity contribution in [2.75, 3.05) is 0 Å². The number of hydrogen-bond acceptors (Lipinski definition) is 3. The first-order valence-electron chi connectivity index (χ1n) is 5.27. The van der Waals surface area contributed by atoms with Gasteiger partial charge in [-0.2, -0.15) is 0 Å². The van der Waals surface area contributed by atoms with Crippen molar-refractivity contribution >= 4 is 0 Å². The maximum atomic E-state index is 8.63. The van der Waals surface area contributed by atoms with Gasteiger partial charge in [-0.25, -0.2) is 0 Å². The molecule has 15 heavy (non-hydrogen) atoms. The van der Waals surface area contributed by atoms with Crippen LogP contribution in [0.25, 0.3) is 0 Å². The second-order valence-electron chi connectivity index (χ2n) is 3.31. The van der Waals surface area contributed by atoms with Gasteiger partial charge in [-0.3, -0.25) is 0 Å². The number of benzene rings is 1. The summed E-state index contributed by atoms with van der Waals surface area (Å²) in [5, 5.41) is 25.3. The van der Waals surface area contributed by atoms with E-state index in [2.05, 4.69) is 6.92 Å². The van der Waals surface area contributed by atoms with E-state index in [0.29, 0.717) is 12.2 Å². The highest BCUT2D eigenvalue weighted by molar-refractivity contribution is 5.18. The summed E-state index contributed by atoms with van der Waals surface area (Å²) in [6.45, 7) is 2.09. The molecule has 1 aromatic rings. The van der Waals surface area contributed by atoms with Gasteiger partial charge < -0.3 is 15.3 Å². The number of aromatic hydroxyl groups is 1. The second kappa shape index (κ2) is 9.49. The lowest BCUT2D eigenvalue weighted by Gasteiger charge is -1.99. The molecule has 0 heterocycles. The van der Waals surface area contributed by atoms with E-state index in [0.717, 1.165) is 19.3 Å². The summed E-state index contributed by atoms with van der Waals surface area (Å²) in [4.78, 5) is 0. The molecule has 0 saturated carbocycles. The lowest BCUT2D eigenvalue weighted by atomic mass is 10.2. The monoisotopic (exact) mass is 212 g/mol. The van der Waals surface area contributed by atoms with Crippen molar-refractivity contribution in [2.45, 2.75) is 38.9 Å². The highest BCUT2D eigenvalue weighted by atomic mass is 16.5. The van der Waals surface area contributed by atoms with Crippen LogP contribution in [-0.4, -0.2) is 21.6 Å². The van der Waals surface area contributed by atoms with Gasteiger partial charge in [0.1, 0.15) is 5.75 Å². The minimum atomic E-state index is -1.10. The smallest absolute Gasteiger partial charge is 0.151 e. The van der Waals surface area contributed by atoms with E-state index >= 15 is 0 Å². The lowest BCUT2D eigenvalue weighted by Crippen LogP contribution is -2.02. The molecule has 0 saturated heterocycles. The summed E-state index contributed by atoms with van der Waals surface area (Å²) >= 11 is 0. The average molecular weight is 212 g/mol. The number of aliphatic hydroxyl groups excluding tert-OH is 1. The molecule has 0 aromatic heterocycles. The highest BCUT2D eigenvalue weighted by Crippen LogP contribution is 2.02. The molecule has 3 nitrogen and oxygen atoms in total. The summed E-state index contributed by atoms with van der Waals surface area (Å²) in [6, 6.07) is 8.71. The standard InChI is InChI=1S/C6H14O2.C6H6O/c1-2-3-4-5-6(7)8;7-6-4-2-1-3-5-6/h6-8H,2-5H2,1H3;1-5,7H. The minimum absolute atomic E-state index is 0.322. The zero-order valence-electron chi connectivity index (χ0n) is 9.13. The van der Waals surface area contributed by atoms with E-state index in [-0.39, 0.29) is 0 Å². The van der Waals surface area contributed by atoms with Crippen LogP contribution in [0.5, 0.6) is 5.75 Å². The highest BCUT2D eigenvalue weighted by Gasteiger charge is 1.93. The Bertz CT molecular complexity index is 222. The van der Waals surface area contributed by atoms with Gasteiger partial charge in [0.2, 0.25) is 0 Å². The number of phenols is 1. The third kappa shape index (κ3) is 10.9. The third-order valence-corrected chi connectivity index (χ3v) is 1.82. The maximum Gasteiger partial charge on any atom is 0.151 e. The van der Waals surface area contributed by atoms with Crippen LogP contribution in [0.4, 0.5) is 0 Å². The van der Waals surface area contributed by atoms with Crippen LogP contribution in [0.3, 0.4) is 0 Å². The maximum absolute atomic E-state index is 8.63. The zero-order valence-corrected chi connectivity index (χ0v) is 9.13. The van der Waals surface area contributed by atoms with Crippen molar-refractivity contribution in [2.24, 2.45) is 0 Å². The number of hydrogen-bond donors (Lipinski definition) is 3. The van der Waals surface area contributed by atoms with Crippen LogP contribution in [0.1, 0.15) is 32.6 Å². The molecule has 0 aliphatic carbocycles. The van der Waals surface area contributed by atoms with Crippen molar-refractivity contribution < 1.29 is 15.3 Å². The lowest BCUT2D eigenvalue weighted by molar-refractivity contribution is -0.0465. The Kier molecular flexibility index (Phi) is 8.82. The van der Waals surface area contributed by atoms with Crippen LogP contribution >= 0.6 is 0 Å². The Morgan fingerprint density at radius 1 is 1.07 bits per heavy atom. The minimum Gasteiger partial charge on any atom is -0.508 e. The second-order valence-corrected chi connectivity index (χ2v) is 3.31. The molecule has 86 valence electrons. The first-order chi connectivity index (χ1) is 7.16. The summed E-state index contributed by atoms with van der Waals surface area (Å²) < 4.78 is 0. The van der Waals surface area contributed by atoms with E-state index in [4.69, 9.17) is 15.3 Å². The van der Waals surface area contributed by atoms with E-state index in [1.54, 1.807) is 24.3 Å². The number of phenolic OH excluding ortho intramolecular Hbond substituents is 1. The molecular formula is C12H20O3. The van der Waals surface area contributed by atoms with Gasteiger partial charge in [0.25, 0.3) is 0 Å². The van der Waals surface area contributed by atoms with Crippen LogP contribution in [0.15, 0.2) is 30.3 Å². The van der Waals surface area contributed by atoms with E-state index in [1.807, 2.05) is 6.07 Å². The summed E-state index contributed by atoms with van der Waals surface area (Å²) in [5.41, 5.74) is 0. The summed E-state index contributed by atoms with van der Waals surface area (Å²) in [7, 11) is 0. The summed E-state index contributed by atoms with van der Waals surface area (Å²) in [6.07, 6.45) is 2.58. The summed E-state index contributed by atoms with van der Waals surface area (Å²) in [5.74, 6) is 0.322. The third-order valence-electron chi connectivity index (χ3n) is 1.82. The zero-order chi connectivity index (χ0) is 11.5. The molecular weight excluding hydrogens is 192 g/mol. The fourth-order valence-corrected chi connectivity index (χ4v) is 1.00. The number of unbranched alkanes of at least 4 members (excludes halogenated alkanes) is 2. The quantitative estimate of drug-likeness (QED) is 0.530. The number of para-hydroxylation sites is 1. The number of aliphatic hydroxyl groups is 2. The molecule has 3 N–H and O–H groups in total. The molecule has 0 unspecified atom stereocenters. The molecule has 0 bridgehead atoms. The van der Waals surface area contributed by atoms with Gasteiger partial charge in [0.05, 0.1) is 0 Å². The normalized spacial score (nSPS) is 9.60. The van der Waals surface area contributed by atoms with Gasteiger partial charge in [-0.1, -0.05) is 38.0 Å². The predicted molar refractivity (Wildman–Crippen MR) is 60.5 cm³/mol. The van der Waals surface area contributed by atoms with Gasteiger partial charge >= 0.3 is 0 Å². The predicted octanol–water partition coefficient (Wildman–Crippen LogP) is 2.27. The molecule has 0 aliphatic heterocycles. The van der Waals surface area contributed by atoms with Gasteiger partial charge in [-0.15, -0.1) is 0 Å². The first kappa shape index (κ1) is 13.9. The molecule has 0 amide bonds. The van der Waals surface area contributed by atoms with Crippen LogP contribution in [0, 0.1) is 0 Å². The SMILES string of the molecule is CCCCCC(O)O.Oc1ccccc1. The Morgan fingerprint density at radius 3 is 2.00 bits per heavy atom. The molecule has 0 spiro atoms. The van der Waals surface area contributed by atoms with Crippen LogP contribution in [0.2, 0.25) is 0 Å². The molecule has 0 aliphatic rings. The van der Waals surface area contributed by atoms with Gasteiger partial charge in [0.15, 0.2) is 6.29 Å². The van der Waals surface area contributed by atoms with Crippen LogP contribution in [-0.2, 0) is 0 Å². The Labute approximate surface area is 91.0 Å². The Balaban J connectivity index is 0.000000262.